The van der Waals surface area contributed by atoms with E-state index in [0.717, 1.165) is 10.8 Å². The molecule has 1 heterocycles. The third-order valence-corrected chi connectivity index (χ3v) is 2.58. The number of benzene rings is 1. The summed E-state index contributed by atoms with van der Waals surface area (Å²) in [4.78, 5) is 4.08. The summed E-state index contributed by atoms with van der Waals surface area (Å²) in [6.45, 7) is 0. The Hall–Kier alpha value is -1.77. The number of nitrogens with one attached hydrogen (secondary N) is 2. The Labute approximate surface area is 126 Å². The largest absolute Gasteiger partial charge is 0.377 e. The van der Waals surface area contributed by atoms with Gasteiger partial charge < -0.3 is 22.1 Å². The van der Waals surface area contributed by atoms with E-state index in [4.69, 9.17) is 12.2 Å². The van der Waals surface area contributed by atoms with Gasteiger partial charge in [0.1, 0.15) is 0 Å². The number of nitrogens with zero attached hydrogens (tertiary/aromatic N) is 1. The first-order valence-electron chi connectivity index (χ1n) is 5.15. The van der Waals surface area contributed by atoms with Crippen molar-refractivity contribution in [1.82, 2.24) is 4.98 Å². The van der Waals surface area contributed by atoms with E-state index in [2.05, 4.69) is 39.3 Å². The van der Waals surface area contributed by atoms with E-state index in [0.29, 0.717) is 5.11 Å². The molecule has 0 saturated heterocycles. The van der Waals surface area contributed by atoms with Crippen LogP contribution in [0.4, 0.5) is 10.8 Å². The second kappa shape index (κ2) is 8.35. The molecule has 0 fully saturated rings. The number of aromatic nitrogens is 1. The third kappa shape index (κ3) is 7.29. The van der Waals surface area contributed by atoms with Gasteiger partial charge in [-0.05, 0) is 36.6 Å². The summed E-state index contributed by atoms with van der Waals surface area (Å²) >= 11 is 10.7. The van der Waals surface area contributed by atoms with E-state index in [-0.39, 0.29) is 5.11 Å². The van der Waals surface area contributed by atoms with Gasteiger partial charge in [-0.1, -0.05) is 18.2 Å². The predicted octanol–water partition coefficient (Wildman–Crippen LogP) is 2.14. The maximum atomic E-state index is 5.13. The molecule has 0 aliphatic rings. The lowest BCUT2D eigenvalue weighted by Crippen LogP contribution is -2.18. The molecule has 0 aliphatic carbocycles. The van der Waals surface area contributed by atoms with Crippen LogP contribution in [0.25, 0.3) is 0 Å². The predicted molar refractivity (Wildman–Crippen MR) is 89.4 cm³/mol. The van der Waals surface area contributed by atoms with Crippen molar-refractivity contribution in [2.45, 2.75) is 0 Å². The molecule has 0 aliphatic heterocycles. The van der Waals surface area contributed by atoms with Crippen LogP contribution in [0.1, 0.15) is 0 Å². The SMILES string of the molecule is NC(N)=S.S=C(Nc1ccccc1)Nc1nccs1. The minimum atomic E-state index is 0.000000000000000222. The summed E-state index contributed by atoms with van der Waals surface area (Å²) in [5.74, 6) is 0. The summed E-state index contributed by atoms with van der Waals surface area (Å²) in [5.41, 5.74) is 10.2. The molecule has 0 saturated carbocycles. The minimum Gasteiger partial charge on any atom is -0.377 e. The Morgan fingerprint density at radius 1 is 1.11 bits per heavy atom. The Balaban J connectivity index is 0.000000399. The Morgan fingerprint density at radius 3 is 2.26 bits per heavy atom. The molecule has 1 aromatic carbocycles. The maximum absolute atomic E-state index is 5.13. The summed E-state index contributed by atoms with van der Waals surface area (Å²) in [6.07, 6.45) is 1.73. The molecule has 0 amide bonds. The molecule has 1 aromatic heterocycles. The Bertz CT molecular complexity index is 508. The molecule has 19 heavy (non-hydrogen) atoms. The molecule has 6 N–H and O–H groups in total. The highest BCUT2D eigenvalue weighted by Gasteiger charge is 1.99. The fourth-order valence-electron chi connectivity index (χ4n) is 1.07. The molecule has 2 rings (SSSR count). The van der Waals surface area contributed by atoms with Crippen LogP contribution >= 0.6 is 35.8 Å². The van der Waals surface area contributed by atoms with Gasteiger partial charge in [0.2, 0.25) is 0 Å². The van der Waals surface area contributed by atoms with E-state index in [1.165, 1.54) is 11.3 Å². The molecule has 0 radical (unpaired) electrons. The van der Waals surface area contributed by atoms with Crippen molar-refractivity contribution in [3.8, 4) is 0 Å². The van der Waals surface area contributed by atoms with Crippen molar-refractivity contribution in [3.05, 3.63) is 41.9 Å². The summed E-state index contributed by atoms with van der Waals surface area (Å²) in [5, 5.41) is 9.31. The fraction of sp³-hybridized carbons (Fsp3) is 0. The van der Waals surface area contributed by atoms with Crippen LogP contribution in [-0.2, 0) is 0 Å². The van der Waals surface area contributed by atoms with Crippen molar-refractivity contribution in [3.63, 3.8) is 0 Å². The molecular weight excluding hydrogens is 298 g/mol. The van der Waals surface area contributed by atoms with Gasteiger partial charge in [0.05, 0.1) is 0 Å². The second-order valence-corrected chi connectivity index (χ2v) is 4.96. The van der Waals surface area contributed by atoms with Crippen molar-refractivity contribution >= 4 is 56.8 Å². The van der Waals surface area contributed by atoms with Gasteiger partial charge in [-0.3, -0.25) is 0 Å². The number of rotatable bonds is 2. The number of thiazole rings is 1. The average Bonchev–Trinajstić information content (AvgIpc) is 2.82. The lowest BCUT2D eigenvalue weighted by molar-refractivity contribution is 1.41. The van der Waals surface area contributed by atoms with E-state index < -0.39 is 0 Å². The van der Waals surface area contributed by atoms with Crippen LogP contribution in [0.3, 0.4) is 0 Å². The first kappa shape index (κ1) is 15.3. The van der Waals surface area contributed by atoms with Crippen LogP contribution in [0.2, 0.25) is 0 Å². The molecule has 5 nitrogen and oxygen atoms in total. The third-order valence-electron chi connectivity index (χ3n) is 1.68. The first-order valence-corrected chi connectivity index (χ1v) is 6.85. The van der Waals surface area contributed by atoms with Crippen LogP contribution in [0.5, 0.6) is 0 Å². The van der Waals surface area contributed by atoms with Gasteiger partial charge in [-0.15, -0.1) is 11.3 Å². The van der Waals surface area contributed by atoms with Gasteiger partial charge in [-0.2, -0.15) is 0 Å². The number of thiocarbonyl (C=S) groups is 2. The van der Waals surface area contributed by atoms with Crippen molar-refractivity contribution < 1.29 is 0 Å². The molecule has 2 aromatic rings. The average molecular weight is 311 g/mol. The number of nitrogens with two attached hydrogens (primary N) is 2. The lowest BCUT2D eigenvalue weighted by atomic mass is 10.3. The molecule has 100 valence electrons. The standard InChI is InChI=1S/C10H9N3S2.CH4N2S/c14-9(13-10-11-6-7-15-10)12-8-4-2-1-3-5-8;2-1(3)4/h1-7H,(H2,11,12,13,14);(H4,2,3,4). The van der Waals surface area contributed by atoms with Gasteiger partial charge in [0.15, 0.2) is 15.4 Å². The number of hydrogen-bond acceptors (Lipinski definition) is 4. The van der Waals surface area contributed by atoms with Gasteiger partial charge in [-0.25, -0.2) is 4.98 Å². The van der Waals surface area contributed by atoms with Gasteiger partial charge >= 0.3 is 0 Å². The fourth-order valence-corrected chi connectivity index (χ4v) is 1.88. The highest BCUT2D eigenvalue weighted by atomic mass is 32.1. The van der Waals surface area contributed by atoms with Crippen molar-refractivity contribution in [1.29, 1.82) is 0 Å². The van der Waals surface area contributed by atoms with Crippen LogP contribution < -0.4 is 22.1 Å². The molecular formula is C11H13N5S3. The highest BCUT2D eigenvalue weighted by Crippen LogP contribution is 2.11. The zero-order chi connectivity index (χ0) is 14.1. The first-order chi connectivity index (χ1) is 9.08. The van der Waals surface area contributed by atoms with E-state index >= 15 is 0 Å². The quantitative estimate of drug-likeness (QED) is 0.632. The molecule has 0 bridgehead atoms. The normalized spacial score (nSPS) is 8.84. The smallest absolute Gasteiger partial charge is 0.188 e. The monoisotopic (exact) mass is 311 g/mol. The van der Waals surface area contributed by atoms with Gasteiger partial charge in [0, 0.05) is 17.3 Å². The van der Waals surface area contributed by atoms with E-state index in [1.54, 1.807) is 6.20 Å². The van der Waals surface area contributed by atoms with Crippen LogP contribution in [-0.4, -0.2) is 15.2 Å². The second-order valence-electron chi connectivity index (χ2n) is 3.18. The summed E-state index contributed by atoms with van der Waals surface area (Å²) in [7, 11) is 0. The number of hydrogen-bond donors (Lipinski definition) is 4. The summed E-state index contributed by atoms with van der Waals surface area (Å²) < 4.78 is 0. The van der Waals surface area contributed by atoms with Crippen molar-refractivity contribution in [2.75, 3.05) is 10.6 Å². The maximum Gasteiger partial charge on any atom is 0.188 e. The molecule has 8 heteroatoms. The van der Waals surface area contributed by atoms with E-state index in [1.807, 2.05) is 35.7 Å². The summed E-state index contributed by atoms with van der Waals surface area (Å²) in [6, 6.07) is 9.77. The van der Waals surface area contributed by atoms with Crippen LogP contribution in [0, 0.1) is 0 Å². The highest BCUT2D eigenvalue weighted by molar-refractivity contribution is 7.80. The zero-order valence-corrected chi connectivity index (χ0v) is 12.3. The molecule has 0 unspecified atom stereocenters. The van der Waals surface area contributed by atoms with E-state index in [9.17, 15) is 0 Å². The Kier molecular flexibility index (Phi) is 6.72. The topological polar surface area (TPSA) is 89.0 Å². The van der Waals surface area contributed by atoms with Crippen molar-refractivity contribution in [2.24, 2.45) is 11.5 Å². The molecule has 0 atom stereocenters. The molecule has 0 spiro atoms. The minimum absolute atomic E-state index is 0.000000000000000222. The van der Waals surface area contributed by atoms with Gasteiger partial charge in [0.25, 0.3) is 0 Å². The Morgan fingerprint density at radius 2 is 1.74 bits per heavy atom. The lowest BCUT2D eigenvalue weighted by Gasteiger charge is -2.07. The zero-order valence-electron chi connectivity index (χ0n) is 9.87. The van der Waals surface area contributed by atoms with Crippen LogP contribution in [0.15, 0.2) is 41.9 Å². The number of para-hydroxylation sites is 1. The number of anilines is 2.